The molecule has 0 amide bonds. The molecule has 1 saturated carbocycles. The lowest BCUT2D eigenvalue weighted by molar-refractivity contribution is -0.153. The molecule has 3 heteroatoms. The van der Waals surface area contributed by atoms with Crippen molar-refractivity contribution in [3.63, 3.8) is 0 Å². The van der Waals surface area contributed by atoms with Crippen LogP contribution in [0.15, 0.2) is 18.2 Å². The molecule has 1 heterocycles. The summed E-state index contributed by atoms with van der Waals surface area (Å²) >= 11 is 0. The molecule has 1 spiro atoms. The fourth-order valence-corrected chi connectivity index (χ4v) is 3.31. The van der Waals surface area contributed by atoms with Crippen LogP contribution in [0.2, 0.25) is 0 Å². The molecule has 2 fully saturated rings. The lowest BCUT2D eigenvalue weighted by Crippen LogP contribution is -2.48. The number of ether oxygens (including phenoxy) is 2. The standard InChI is InChI=1S/C17H25NO2/c1-12-4-5-16(15(10-12)13(2)18)20-14-6-9-19-17(11-14)7-3-8-17/h4-5,10,13-14H,3,6-9,11,18H2,1-2H3/t13-,14?/m1/s1. The van der Waals surface area contributed by atoms with Crippen LogP contribution in [0.25, 0.3) is 0 Å². The highest BCUT2D eigenvalue weighted by atomic mass is 16.5. The number of rotatable bonds is 3. The first-order valence-electron chi connectivity index (χ1n) is 7.75. The van der Waals surface area contributed by atoms with E-state index in [1.165, 1.54) is 24.8 Å². The maximum absolute atomic E-state index is 6.27. The maximum atomic E-state index is 6.27. The van der Waals surface area contributed by atoms with Crippen molar-refractivity contribution in [3.8, 4) is 5.75 Å². The quantitative estimate of drug-likeness (QED) is 0.918. The molecule has 1 saturated heterocycles. The Labute approximate surface area is 121 Å². The second-order valence-corrected chi connectivity index (χ2v) is 6.45. The van der Waals surface area contributed by atoms with E-state index in [1.54, 1.807) is 0 Å². The first kappa shape index (κ1) is 13.9. The number of hydrogen-bond acceptors (Lipinski definition) is 3. The lowest BCUT2D eigenvalue weighted by Gasteiger charge is -2.47. The van der Waals surface area contributed by atoms with Crippen molar-refractivity contribution in [2.45, 2.75) is 63.7 Å². The second kappa shape index (κ2) is 5.38. The first-order chi connectivity index (χ1) is 9.58. The third-order valence-electron chi connectivity index (χ3n) is 4.66. The number of benzene rings is 1. The molecule has 2 atom stereocenters. The second-order valence-electron chi connectivity index (χ2n) is 6.45. The van der Waals surface area contributed by atoms with Gasteiger partial charge >= 0.3 is 0 Å². The Morgan fingerprint density at radius 2 is 2.20 bits per heavy atom. The summed E-state index contributed by atoms with van der Waals surface area (Å²) in [6.07, 6.45) is 5.96. The predicted octanol–water partition coefficient (Wildman–Crippen LogP) is 3.50. The molecule has 3 rings (SSSR count). The van der Waals surface area contributed by atoms with E-state index in [-0.39, 0.29) is 17.7 Å². The molecule has 3 nitrogen and oxygen atoms in total. The minimum atomic E-state index is 0.00223. The number of hydrogen-bond donors (Lipinski definition) is 1. The topological polar surface area (TPSA) is 44.5 Å². The molecule has 1 unspecified atom stereocenters. The summed E-state index contributed by atoms with van der Waals surface area (Å²) < 4.78 is 12.2. The SMILES string of the molecule is Cc1ccc(OC2CCOC3(CCC3)C2)c([C@@H](C)N)c1. The van der Waals surface area contributed by atoms with E-state index in [4.69, 9.17) is 15.2 Å². The van der Waals surface area contributed by atoms with Crippen LogP contribution in [0.3, 0.4) is 0 Å². The lowest BCUT2D eigenvalue weighted by atomic mass is 9.74. The van der Waals surface area contributed by atoms with E-state index < -0.39 is 0 Å². The van der Waals surface area contributed by atoms with Crippen LogP contribution in [0.1, 0.15) is 56.2 Å². The minimum Gasteiger partial charge on any atom is -0.490 e. The minimum absolute atomic E-state index is 0.00223. The summed E-state index contributed by atoms with van der Waals surface area (Å²) in [5.74, 6) is 0.951. The summed E-state index contributed by atoms with van der Waals surface area (Å²) in [4.78, 5) is 0. The summed E-state index contributed by atoms with van der Waals surface area (Å²) in [5.41, 5.74) is 8.54. The molecule has 110 valence electrons. The third-order valence-corrected chi connectivity index (χ3v) is 4.66. The van der Waals surface area contributed by atoms with Crippen molar-refractivity contribution >= 4 is 0 Å². The van der Waals surface area contributed by atoms with E-state index in [2.05, 4.69) is 25.1 Å². The summed E-state index contributed by atoms with van der Waals surface area (Å²) in [7, 11) is 0. The van der Waals surface area contributed by atoms with E-state index in [1.807, 2.05) is 6.92 Å². The Balaban J connectivity index is 1.74. The molecular weight excluding hydrogens is 250 g/mol. The van der Waals surface area contributed by atoms with E-state index >= 15 is 0 Å². The van der Waals surface area contributed by atoms with Crippen molar-refractivity contribution in [1.82, 2.24) is 0 Å². The average Bonchev–Trinajstić information content (AvgIpc) is 2.39. The number of nitrogens with two attached hydrogens (primary N) is 1. The highest BCUT2D eigenvalue weighted by Gasteiger charge is 2.43. The van der Waals surface area contributed by atoms with E-state index in [9.17, 15) is 0 Å². The Morgan fingerprint density at radius 3 is 2.85 bits per heavy atom. The van der Waals surface area contributed by atoms with Crippen LogP contribution in [-0.4, -0.2) is 18.3 Å². The van der Waals surface area contributed by atoms with Gasteiger partial charge in [0.05, 0.1) is 12.2 Å². The van der Waals surface area contributed by atoms with Gasteiger partial charge in [0.1, 0.15) is 11.9 Å². The molecule has 20 heavy (non-hydrogen) atoms. The van der Waals surface area contributed by atoms with Gasteiger partial charge in [0.15, 0.2) is 0 Å². The number of aryl methyl sites for hydroxylation is 1. The van der Waals surface area contributed by atoms with Gasteiger partial charge in [-0.25, -0.2) is 0 Å². The zero-order valence-electron chi connectivity index (χ0n) is 12.5. The van der Waals surface area contributed by atoms with Gasteiger partial charge in [-0.2, -0.15) is 0 Å². The fraction of sp³-hybridized carbons (Fsp3) is 0.647. The zero-order chi connectivity index (χ0) is 14.2. The molecule has 1 aliphatic carbocycles. The molecule has 2 N–H and O–H groups in total. The Hall–Kier alpha value is -1.06. The third kappa shape index (κ3) is 2.70. The molecule has 2 aliphatic rings. The van der Waals surface area contributed by atoms with Crippen molar-refractivity contribution < 1.29 is 9.47 Å². The van der Waals surface area contributed by atoms with Crippen molar-refractivity contribution in [2.24, 2.45) is 5.73 Å². The fourth-order valence-electron chi connectivity index (χ4n) is 3.31. The Bertz CT molecular complexity index is 480. The van der Waals surface area contributed by atoms with Crippen LogP contribution in [-0.2, 0) is 4.74 Å². The molecule has 1 aliphatic heterocycles. The van der Waals surface area contributed by atoms with Crippen LogP contribution >= 0.6 is 0 Å². The average molecular weight is 275 g/mol. The van der Waals surface area contributed by atoms with Crippen LogP contribution in [0, 0.1) is 6.92 Å². The van der Waals surface area contributed by atoms with Gasteiger partial charge in [0.2, 0.25) is 0 Å². The van der Waals surface area contributed by atoms with Gasteiger partial charge in [-0.3, -0.25) is 0 Å². The molecule has 0 aromatic heterocycles. The van der Waals surface area contributed by atoms with Crippen molar-refractivity contribution in [2.75, 3.05) is 6.61 Å². The Kier molecular flexibility index (Phi) is 3.74. The van der Waals surface area contributed by atoms with Crippen LogP contribution in [0.5, 0.6) is 5.75 Å². The van der Waals surface area contributed by atoms with Gasteiger partial charge < -0.3 is 15.2 Å². The van der Waals surface area contributed by atoms with Gasteiger partial charge in [-0.1, -0.05) is 17.7 Å². The highest BCUT2D eigenvalue weighted by molar-refractivity contribution is 5.39. The maximum Gasteiger partial charge on any atom is 0.124 e. The highest BCUT2D eigenvalue weighted by Crippen LogP contribution is 2.43. The zero-order valence-corrected chi connectivity index (χ0v) is 12.5. The van der Waals surface area contributed by atoms with Crippen molar-refractivity contribution in [3.05, 3.63) is 29.3 Å². The van der Waals surface area contributed by atoms with Gasteiger partial charge in [0.25, 0.3) is 0 Å². The van der Waals surface area contributed by atoms with Crippen LogP contribution < -0.4 is 10.5 Å². The molecule has 0 radical (unpaired) electrons. The van der Waals surface area contributed by atoms with Gasteiger partial charge in [-0.05, 0) is 39.2 Å². The monoisotopic (exact) mass is 275 g/mol. The van der Waals surface area contributed by atoms with Crippen molar-refractivity contribution in [1.29, 1.82) is 0 Å². The molecule has 0 bridgehead atoms. The molecule has 1 aromatic carbocycles. The molecule has 1 aromatic rings. The smallest absolute Gasteiger partial charge is 0.124 e. The molecular formula is C17H25NO2. The van der Waals surface area contributed by atoms with Crippen LogP contribution in [0.4, 0.5) is 0 Å². The first-order valence-corrected chi connectivity index (χ1v) is 7.75. The summed E-state index contributed by atoms with van der Waals surface area (Å²) in [6.45, 7) is 4.93. The van der Waals surface area contributed by atoms with Gasteiger partial charge in [0, 0.05) is 24.4 Å². The van der Waals surface area contributed by atoms with E-state index in [0.29, 0.717) is 0 Å². The normalized spacial score (nSPS) is 26.1. The summed E-state index contributed by atoms with van der Waals surface area (Å²) in [5, 5.41) is 0. The van der Waals surface area contributed by atoms with E-state index in [0.717, 1.165) is 30.8 Å². The summed E-state index contributed by atoms with van der Waals surface area (Å²) in [6, 6.07) is 6.30. The Morgan fingerprint density at radius 1 is 1.40 bits per heavy atom. The predicted molar refractivity (Wildman–Crippen MR) is 80.0 cm³/mol. The largest absolute Gasteiger partial charge is 0.490 e. The van der Waals surface area contributed by atoms with Gasteiger partial charge in [-0.15, -0.1) is 0 Å².